The third-order valence-electron chi connectivity index (χ3n) is 3.37. The van der Waals surface area contributed by atoms with Crippen LogP contribution in [0, 0.1) is 18.6 Å². The Kier molecular flexibility index (Phi) is 4.49. The van der Waals surface area contributed by atoms with Gasteiger partial charge in [-0.05, 0) is 57.1 Å². The molecule has 0 fully saturated rings. The van der Waals surface area contributed by atoms with Crippen molar-refractivity contribution in [3.05, 3.63) is 52.9 Å². The van der Waals surface area contributed by atoms with Crippen LogP contribution in [0.25, 0.3) is 0 Å². The topological polar surface area (TPSA) is 29.9 Å². The summed E-state index contributed by atoms with van der Waals surface area (Å²) in [6.45, 7) is 4.67. The van der Waals surface area contributed by atoms with Crippen LogP contribution in [0.3, 0.4) is 0 Å². The Morgan fingerprint density at radius 2 is 2.05 bits per heavy atom. The standard InChI is InChI=1S/C15H19F2N3/c1-4-20-15(7-10(2)19-20)14(18-3)9-11-8-12(16)5-6-13(11)17/h5-8,14,18H,4,9H2,1-3H3. The predicted octanol–water partition coefficient (Wildman–Crippen LogP) is 2.99. The number of hydrogen-bond acceptors (Lipinski definition) is 2. The van der Waals surface area contributed by atoms with Gasteiger partial charge < -0.3 is 5.32 Å². The third-order valence-corrected chi connectivity index (χ3v) is 3.37. The first kappa shape index (κ1) is 14.7. The Morgan fingerprint density at radius 1 is 1.30 bits per heavy atom. The fourth-order valence-corrected chi connectivity index (χ4v) is 2.37. The van der Waals surface area contributed by atoms with Crippen LogP contribution in [-0.4, -0.2) is 16.8 Å². The summed E-state index contributed by atoms with van der Waals surface area (Å²) in [5, 5.41) is 7.54. The molecule has 1 heterocycles. The Balaban J connectivity index is 2.30. The van der Waals surface area contributed by atoms with Crippen molar-refractivity contribution in [2.75, 3.05) is 7.05 Å². The molecule has 108 valence electrons. The van der Waals surface area contributed by atoms with Crippen LogP contribution in [-0.2, 0) is 13.0 Å². The van der Waals surface area contributed by atoms with E-state index < -0.39 is 5.82 Å². The summed E-state index contributed by atoms with van der Waals surface area (Å²) in [6, 6.07) is 5.42. The van der Waals surface area contributed by atoms with Crippen molar-refractivity contribution in [3.8, 4) is 0 Å². The highest BCUT2D eigenvalue weighted by Gasteiger charge is 2.18. The fraction of sp³-hybridized carbons (Fsp3) is 0.400. The fourth-order valence-electron chi connectivity index (χ4n) is 2.37. The molecule has 0 bridgehead atoms. The molecule has 0 saturated carbocycles. The average Bonchev–Trinajstić information content (AvgIpc) is 2.80. The molecule has 5 heteroatoms. The number of aromatic nitrogens is 2. The summed E-state index contributed by atoms with van der Waals surface area (Å²) in [5.41, 5.74) is 2.27. The van der Waals surface area contributed by atoms with Crippen LogP contribution in [0.5, 0.6) is 0 Å². The molecule has 1 aromatic heterocycles. The maximum Gasteiger partial charge on any atom is 0.126 e. The molecule has 0 saturated heterocycles. The van der Waals surface area contributed by atoms with Gasteiger partial charge in [0.1, 0.15) is 11.6 Å². The van der Waals surface area contributed by atoms with Crippen molar-refractivity contribution >= 4 is 0 Å². The molecule has 0 spiro atoms. The zero-order valence-corrected chi connectivity index (χ0v) is 12.0. The monoisotopic (exact) mass is 279 g/mol. The van der Waals surface area contributed by atoms with Gasteiger partial charge in [-0.25, -0.2) is 8.78 Å². The molecule has 2 rings (SSSR count). The number of halogens is 2. The molecule has 0 aliphatic carbocycles. The quantitative estimate of drug-likeness (QED) is 0.912. The molecule has 2 aromatic rings. The van der Waals surface area contributed by atoms with Crippen LogP contribution in [0.4, 0.5) is 8.78 Å². The number of benzene rings is 1. The smallest absolute Gasteiger partial charge is 0.126 e. The second-order valence-corrected chi connectivity index (χ2v) is 4.81. The molecular formula is C15H19F2N3. The zero-order chi connectivity index (χ0) is 14.7. The molecule has 1 unspecified atom stereocenters. The summed E-state index contributed by atoms with van der Waals surface area (Å²) in [4.78, 5) is 0. The van der Waals surface area contributed by atoms with E-state index in [0.717, 1.165) is 24.0 Å². The molecule has 0 amide bonds. The SMILES string of the molecule is CCn1nc(C)cc1C(Cc1cc(F)ccc1F)NC. The van der Waals surface area contributed by atoms with Gasteiger partial charge in [-0.2, -0.15) is 5.10 Å². The maximum atomic E-state index is 13.8. The van der Waals surface area contributed by atoms with Crippen molar-refractivity contribution in [2.45, 2.75) is 32.9 Å². The Bertz CT molecular complexity index is 593. The van der Waals surface area contributed by atoms with Gasteiger partial charge in [0.2, 0.25) is 0 Å². The minimum atomic E-state index is -0.420. The van der Waals surface area contributed by atoms with E-state index in [1.807, 2.05) is 31.6 Å². The van der Waals surface area contributed by atoms with Crippen LogP contribution in [0.15, 0.2) is 24.3 Å². The molecule has 0 aliphatic heterocycles. The average molecular weight is 279 g/mol. The Hall–Kier alpha value is -1.75. The van der Waals surface area contributed by atoms with Gasteiger partial charge in [0, 0.05) is 6.54 Å². The van der Waals surface area contributed by atoms with Gasteiger partial charge in [-0.15, -0.1) is 0 Å². The molecule has 1 aromatic carbocycles. The van der Waals surface area contributed by atoms with Crippen LogP contribution < -0.4 is 5.32 Å². The second-order valence-electron chi connectivity index (χ2n) is 4.81. The summed E-state index contributed by atoms with van der Waals surface area (Å²) < 4.78 is 28.9. The highest BCUT2D eigenvalue weighted by Crippen LogP contribution is 2.21. The first-order chi connectivity index (χ1) is 9.55. The normalized spacial score (nSPS) is 12.7. The van der Waals surface area contributed by atoms with Gasteiger partial charge in [-0.1, -0.05) is 0 Å². The van der Waals surface area contributed by atoms with E-state index in [9.17, 15) is 8.78 Å². The first-order valence-corrected chi connectivity index (χ1v) is 6.70. The summed E-state index contributed by atoms with van der Waals surface area (Å²) in [5.74, 6) is -0.803. The van der Waals surface area contributed by atoms with Gasteiger partial charge in [-0.3, -0.25) is 4.68 Å². The summed E-state index contributed by atoms with van der Waals surface area (Å²) in [6.07, 6.45) is 0.380. The van der Waals surface area contributed by atoms with E-state index >= 15 is 0 Å². The second kappa shape index (κ2) is 6.13. The third kappa shape index (κ3) is 3.04. The summed E-state index contributed by atoms with van der Waals surface area (Å²) in [7, 11) is 1.81. The van der Waals surface area contributed by atoms with Gasteiger partial charge in [0.15, 0.2) is 0 Å². The molecule has 20 heavy (non-hydrogen) atoms. The predicted molar refractivity (Wildman–Crippen MR) is 74.5 cm³/mol. The van der Waals surface area contributed by atoms with Crippen molar-refractivity contribution in [2.24, 2.45) is 0 Å². The van der Waals surface area contributed by atoms with Gasteiger partial charge >= 0.3 is 0 Å². The number of aryl methyl sites for hydroxylation is 2. The minimum Gasteiger partial charge on any atom is -0.311 e. The van der Waals surface area contributed by atoms with Crippen molar-refractivity contribution in [1.82, 2.24) is 15.1 Å². The van der Waals surface area contributed by atoms with E-state index in [1.54, 1.807) is 0 Å². The number of nitrogens with zero attached hydrogens (tertiary/aromatic N) is 2. The van der Waals surface area contributed by atoms with E-state index in [4.69, 9.17) is 0 Å². The summed E-state index contributed by atoms with van der Waals surface area (Å²) >= 11 is 0. The lowest BCUT2D eigenvalue weighted by Crippen LogP contribution is -2.22. The van der Waals surface area contributed by atoms with Crippen LogP contribution in [0.1, 0.15) is 29.9 Å². The minimum absolute atomic E-state index is 0.104. The van der Waals surface area contributed by atoms with Crippen molar-refractivity contribution in [3.63, 3.8) is 0 Å². The van der Waals surface area contributed by atoms with Crippen LogP contribution in [0.2, 0.25) is 0 Å². The Labute approximate surface area is 117 Å². The number of rotatable bonds is 5. The number of hydrogen-bond donors (Lipinski definition) is 1. The first-order valence-electron chi connectivity index (χ1n) is 6.70. The number of likely N-dealkylation sites (N-methyl/N-ethyl adjacent to an activating group) is 1. The molecule has 1 atom stereocenters. The van der Waals surface area contributed by atoms with Gasteiger partial charge in [0.25, 0.3) is 0 Å². The lowest BCUT2D eigenvalue weighted by atomic mass is 10.0. The highest BCUT2D eigenvalue weighted by molar-refractivity contribution is 5.23. The lowest BCUT2D eigenvalue weighted by molar-refractivity contribution is 0.498. The molecule has 1 N–H and O–H groups in total. The van der Waals surface area contributed by atoms with E-state index in [1.165, 1.54) is 12.1 Å². The molecule has 0 aliphatic rings. The maximum absolute atomic E-state index is 13.8. The highest BCUT2D eigenvalue weighted by atomic mass is 19.1. The molecular weight excluding hydrogens is 260 g/mol. The lowest BCUT2D eigenvalue weighted by Gasteiger charge is -2.18. The molecule has 3 nitrogen and oxygen atoms in total. The van der Waals surface area contributed by atoms with Crippen LogP contribution >= 0.6 is 0 Å². The van der Waals surface area contributed by atoms with Crippen molar-refractivity contribution in [1.29, 1.82) is 0 Å². The molecule has 0 radical (unpaired) electrons. The van der Waals surface area contributed by atoms with Gasteiger partial charge in [0.05, 0.1) is 17.4 Å². The zero-order valence-electron chi connectivity index (χ0n) is 12.0. The van der Waals surface area contributed by atoms with E-state index in [2.05, 4.69) is 10.4 Å². The van der Waals surface area contributed by atoms with E-state index in [0.29, 0.717) is 12.0 Å². The van der Waals surface area contributed by atoms with Crippen molar-refractivity contribution < 1.29 is 8.78 Å². The largest absolute Gasteiger partial charge is 0.311 e. The van der Waals surface area contributed by atoms with E-state index in [-0.39, 0.29) is 11.9 Å². The number of nitrogens with one attached hydrogen (secondary N) is 1. The Morgan fingerprint density at radius 3 is 2.70 bits per heavy atom.